The fourth-order valence-electron chi connectivity index (χ4n) is 0.475. The Kier molecular flexibility index (Phi) is 2.45. The fourth-order valence-corrected chi connectivity index (χ4v) is 1.09. The van der Waals surface area contributed by atoms with E-state index in [1.54, 1.807) is 6.26 Å². The summed E-state index contributed by atoms with van der Waals surface area (Å²) in [4.78, 5) is 6.99. The average molecular weight is 179 g/mol. The topological polar surface area (TPSA) is 25.8 Å². The molecule has 0 aliphatic rings. The third kappa shape index (κ3) is 1.82. The molecule has 0 fully saturated rings. The van der Waals surface area contributed by atoms with Crippen LogP contribution in [0.2, 0.25) is 5.28 Å². The minimum atomic E-state index is -0.593. The molecule has 2 nitrogen and oxygen atoms in total. The lowest BCUT2D eigenvalue weighted by Crippen LogP contribution is -1.88. The third-order valence-corrected chi connectivity index (χ3v) is 1.65. The summed E-state index contributed by atoms with van der Waals surface area (Å²) in [7, 11) is 0. The molecule has 0 atom stereocenters. The summed E-state index contributed by atoms with van der Waals surface area (Å²) in [5.41, 5.74) is 0. The molecule has 0 saturated heterocycles. The van der Waals surface area contributed by atoms with Crippen molar-refractivity contribution >= 4 is 23.4 Å². The van der Waals surface area contributed by atoms with Crippen LogP contribution in [0.1, 0.15) is 0 Å². The van der Waals surface area contributed by atoms with Crippen molar-refractivity contribution in [3.05, 3.63) is 17.3 Å². The summed E-state index contributed by atoms with van der Waals surface area (Å²) < 4.78 is 12.4. The maximum absolute atomic E-state index is 12.4. The molecule has 0 aliphatic carbocycles. The first kappa shape index (κ1) is 7.75. The molecule has 54 valence electrons. The van der Waals surface area contributed by atoms with E-state index in [4.69, 9.17) is 11.6 Å². The van der Waals surface area contributed by atoms with E-state index in [-0.39, 0.29) is 5.28 Å². The van der Waals surface area contributed by atoms with Gasteiger partial charge in [0.05, 0.1) is 0 Å². The number of halogens is 2. The number of thioether (sulfide) groups is 1. The van der Waals surface area contributed by atoms with Crippen molar-refractivity contribution in [2.45, 2.75) is 5.03 Å². The molecule has 0 amide bonds. The summed E-state index contributed by atoms with van der Waals surface area (Å²) in [6.45, 7) is 0. The predicted molar refractivity (Wildman–Crippen MR) is 38.8 cm³/mol. The van der Waals surface area contributed by atoms with Gasteiger partial charge in [-0.1, -0.05) is 0 Å². The predicted octanol–water partition coefficient (Wildman–Crippen LogP) is 1.99. The minimum absolute atomic E-state index is 0.0515. The zero-order valence-electron chi connectivity index (χ0n) is 5.14. The van der Waals surface area contributed by atoms with E-state index in [2.05, 4.69) is 9.97 Å². The van der Waals surface area contributed by atoms with Crippen LogP contribution in [-0.4, -0.2) is 16.2 Å². The van der Waals surface area contributed by atoms with Crippen LogP contribution in [0.5, 0.6) is 0 Å². The van der Waals surface area contributed by atoms with Crippen molar-refractivity contribution in [2.24, 2.45) is 0 Å². The monoisotopic (exact) mass is 178 g/mol. The smallest absolute Gasteiger partial charge is 0.211 e. The normalized spacial score (nSPS) is 9.90. The van der Waals surface area contributed by atoms with Gasteiger partial charge in [0.1, 0.15) is 5.03 Å². The van der Waals surface area contributed by atoms with Crippen LogP contribution in [0, 0.1) is 5.95 Å². The van der Waals surface area contributed by atoms with Gasteiger partial charge in [0.25, 0.3) is 0 Å². The molecule has 0 radical (unpaired) electrons. The number of rotatable bonds is 1. The SMILES string of the molecule is CSc1cc(F)nc(Cl)n1. The first-order valence-corrected chi connectivity index (χ1v) is 4.06. The Labute approximate surface area is 66.8 Å². The van der Waals surface area contributed by atoms with Crippen molar-refractivity contribution < 1.29 is 4.39 Å². The van der Waals surface area contributed by atoms with Crippen LogP contribution in [0.3, 0.4) is 0 Å². The number of hydrogen-bond acceptors (Lipinski definition) is 3. The minimum Gasteiger partial charge on any atom is -0.211 e. The summed E-state index contributed by atoms with van der Waals surface area (Å²) in [6.07, 6.45) is 1.79. The molecule has 0 N–H and O–H groups in total. The highest BCUT2D eigenvalue weighted by atomic mass is 35.5. The van der Waals surface area contributed by atoms with Gasteiger partial charge >= 0.3 is 0 Å². The van der Waals surface area contributed by atoms with Crippen molar-refractivity contribution in [3.63, 3.8) is 0 Å². The Morgan fingerprint density at radius 1 is 1.60 bits per heavy atom. The van der Waals surface area contributed by atoms with Gasteiger partial charge in [-0.25, -0.2) is 4.98 Å². The second kappa shape index (κ2) is 3.16. The molecule has 1 rings (SSSR count). The molecule has 0 spiro atoms. The molecular formula is C5H4ClFN2S. The lowest BCUT2D eigenvalue weighted by molar-refractivity contribution is 0.573. The van der Waals surface area contributed by atoms with Gasteiger partial charge < -0.3 is 0 Å². The highest BCUT2D eigenvalue weighted by Crippen LogP contribution is 2.13. The summed E-state index contributed by atoms with van der Waals surface area (Å²) in [5.74, 6) is -0.593. The third-order valence-electron chi connectivity index (χ3n) is 0.853. The standard InChI is InChI=1S/C5H4ClFN2S/c1-10-4-2-3(7)8-5(6)9-4/h2H,1H3. The van der Waals surface area contributed by atoms with Crippen molar-refractivity contribution in [1.82, 2.24) is 9.97 Å². The molecule has 0 aromatic carbocycles. The number of aromatic nitrogens is 2. The van der Waals surface area contributed by atoms with E-state index >= 15 is 0 Å². The van der Waals surface area contributed by atoms with Gasteiger partial charge in [-0.3, -0.25) is 0 Å². The van der Waals surface area contributed by atoms with Gasteiger partial charge in [-0.05, 0) is 17.9 Å². The quantitative estimate of drug-likeness (QED) is 0.374. The number of nitrogens with zero attached hydrogens (tertiary/aromatic N) is 2. The van der Waals surface area contributed by atoms with Crippen LogP contribution >= 0.6 is 23.4 Å². The molecule has 10 heavy (non-hydrogen) atoms. The van der Waals surface area contributed by atoms with E-state index in [1.165, 1.54) is 17.8 Å². The molecule has 5 heteroatoms. The maximum atomic E-state index is 12.4. The lowest BCUT2D eigenvalue weighted by atomic mass is 10.7. The van der Waals surface area contributed by atoms with E-state index in [1.807, 2.05) is 0 Å². The molecule has 1 heterocycles. The lowest BCUT2D eigenvalue weighted by Gasteiger charge is -1.93. The van der Waals surface area contributed by atoms with Crippen molar-refractivity contribution in [2.75, 3.05) is 6.26 Å². The van der Waals surface area contributed by atoms with E-state index in [9.17, 15) is 4.39 Å². The van der Waals surface area contributed by atoms with Gasteiger partial charge in [0.15, 0.2) is 0 Å². The average Bonchev–Trinajstić information content (AvgIpc) is 1.85. The molecule has 0 aliphatic heterocycles. The second-order valence-corrected chi connectivity index (χ2v) is 2.67. The molecule has 1 aromatic heterocycles. The van der Waals surface area contributed by atoms with Crippen LogP contribution in [0.15, 0.2) is 11.1 Å². The zero-order chi connectivity index (χ0) is 7.56. The van der Waals surface area contributed by atoms with Crippen molar-refractivity contribution in [3.8, 4) is 0 Å². The highest BCUT2D eigenvalue weighted by molar-refractivity contribution is 7.98. The summed E-state index contributed by atoms with van der Waals surface area (Å²) in [5, 5.41) is 0.488. The molecular weight excluding hydrogens is 175 g/mol. The van der Waals surface area contributed by atoms with E-state index in [0.29, 0.717) is 5.03 Å². The first-order valence-electron chi connectivity index (χ1n) is 2.46. The Hall–Kier alpha value is -0.350. The maximum Gasteiger partial charge on any atom is 0.226 e. The molecule has 0 bridgehead atoms. The van der Waals surface area contributed by atoms with Crippen molar-refractivity contribution in [1.29, 1.82) is 0 Å². The molecule has 1 aromatic rings. The Balaban J connectivity index is 3.06. The van der Waals surface area contributed by atoms with Crippen LogP contribution in [0.4, 0.5) is 4.39 Å². The second-order valence-electron chi connectivity index (χ2n) is 1.50. The van der Waals surface area contributed by atoms with Gasteiger partial charge in [-0.2, -0.15) is 9.37 Å². The molecule has 0 unspecified atom stereocenters. The Morgan fingerprint density at radius 2 is 2.30 bits per heavy atom. The van der Waals surface area contributed by atoms with Crippen LogP contribution < -0.4 is 0 Å². The van der Waals surface area contributed by atoms with Gasteiger partial charge in [-0.15, -0.1) is 11.8 Å². The molecule has 0 saturated carbocycles. The summed E-state index contributed by atoms with van der Waals surface area (Å²) >= 11 is 6.67. The van der Waals surface area contributed by atoms with Crippen LogP contribution in [0.25, 0.3) is 0 Å². The fraction of sp³-hybridized carbons (Fsp3) is 0.200. The van der Waals surface area contributed by atoms with Crippen LogP contribution in [-0.2, 0) is 0 Å². The number of hydrogen-bond donors (Lipinski definition) is 0. The van der Waals surface area contributed by atoms with E-state index < -0.39 is 5.95 Å². The first-order chi connectivity index (χ1) is 4.72. The van der Waals surface area contributed by atoms with Gasteiger partial charge in [0, 0.05) is 6.07 Å². The Bertz CT molecular complexity index is 223. The Morgan fingerprint density at radius 3 is 2.80 bits per heavy atom. The summed E-state index contributed by atoms with van der Waals surface area (Å²) in [6, 6.07) is 1.23. The highest BCUT2D eigenvalue weighted by Gasteiger charge is 1.99. The van der Waals surface area contributed by atoms with E-state index in [0.717, 1.165) is 0 Å². The largest absolute Gasteiger partial charge is 0.226 e. The zero-order valence-corrected chi connectivity index (χ0v) is 6.71. The van der Waals surface area contributed by atoms with Gasteiger partial charge in [0.2, 0.25) is 11.2 Å².